The number of para-hydroxylation sites is 1. The number of carbonyl (C=O) groups excluding carboxylic acids is 1. The monoisotopic (exact) mass is 453 g/mol. The topological polar surface area (TPSA) is 84.9 Å². The highest BCUT2D eigenvalue weighted by atomic mass is 16.5. The molecule has 0 aliphatic heterocycles. The minimum atomic E-state index is -1.14. The number of hydrogen-bond acceptors (Lipinski definition) is 4. The van der Waals surface area contributed by atoms with Gasteiger partial charge >= 0.3 is 5.97 Å². The van der Waals surface area contributed by atoms with Crippen molar-refractivity contribution in [2.24, 2.45) is 0 Å². The third-order valence-electron chi connectivity index (χ3n) is 5.03. The third-order valence-corrected chi connectivity index (χ3v) is 5.03. The van der Waals surface area contributed by atoms with Crippen LogP contribution in [0.25, 0.3) is 11.1 Å². The van der Waals surface area contributed by atoms with Crippen molar-refractivity contribution in [1.29, 1.82) is 0 Å². The molecule has 0 aliphatic rings. The Labute approximate surface area is 197 Å². The maximum Gasteiger partial charge on any atom is 0.339 e. The first-order valence-corrected chi connectivity index (χ1v) is 10.8. The van der Waals surface area contributed by atoms with Crippen LogP contribution in [-0.2, 0) is 0 Å². The van der Waals surface area contributed by atoms with Crippen LogP contribution in [0.3, 0.4) is 0 Å². The number of anilines is 1. The SMILES string of the molecule is CCOc1c(C(=O)O)cc(NC(=O)c2cccc(Oc3ccccc3)c2)cc1-c1ccccc1. The average molecular weight is 453 g/mol. The lowest BCUT2D eigenvalue weighted by Gasteiger charge is -2.16. The fourth-order valence-electron chi connectivity index (χ4n) is 3.52. The molecule has 0 aromatic heterocycles. The molecule has 0 saturated carbocycles. The zero-order chi connectivity index (χ0) is 23.9. The minimum absolute atomic E-state index is 0.0281. The quantitative estimate of drug-likeness (QED) is 0.318. The van der Waals surface area contributed by atoms with Crippen molar-refractivity contribution in [2.75, 3.05) is 11.9 Å². The molecule has 0 bridgehead atoms. The van der Waals surface area contributed by atoms with Gasteiger partial charge in [-0.2, -0.15) is 0 Å². The lowest BCUT2D eigenvalue weighted by molar-refractivity contribution is 0.0692. The molecule has 0 spiro atoms. The molecule has 0 radical (unpaired) electrons. The molecule has 0 heterocycles. The number of rotatable bonds is 8. The maximum absolute atomic E-state index is 13.0. The van der Waals surface area contributed by atoms with E-state index in [1.165, 1.54) is 6.07 Å². The summed E-state index contributed by atoms with van der Waals surface area (Å²) in [5.41, 5.74) is 2.06. The Morgan fingerprint density at radius 2 is 1.50 bits per heavy atom. The number of hydrogen-bond donors (Lipinski definition) is 2. The molecule has 170 valence electrons. The fraction of sp³-hybridized carbons (Fsp3) is 0.0714. The Bertz CT molecular complexity index is 1300. The van der Waals surface area contributed by atoms with Crippen molar-refractivity contribution in [3.63, 3.8) is 0 Å². The van der Waals surface area contributed by atoms with Crippen molar-refractivity contribution in [3.8, 4) is 28.4 Å². The first-order valence-electron chi connectivity index (χ1n) is 10.8. The Balaban J connectivity index is 1.66. The highest BCUT2D eigenvalue weighted by Crippen LogP contribution is 2.37. The molecule has 2 N–H and O–H groups in total. The van der Waals surface area contributed by atoms with Gasteiger partial charge in [0.05, 0.1) is 6.61 Å². The maximum atomic E-state index is 13.0. The molecule has 6 nitrogen and oxygen atoms in total. The van der Waals surface area contributed by atoms with Gasteiger partial charge < -0.3 is 19.9 Å². The van der Waals surface area contributed by atoms with Gasteiger partial charge in [-0.15, -0.1) is 0 Å². The molecule has 34 heavy (non-hydrogen) atoms. The summed E-state index contributed by atoms with van der Waals surface area (Å²) in [6, 6.07) is 28.5. The molecule has 0 atom stereocenters. The summed E-state index contributed by atoms with van der Waals surface area (Å²) in [5, 5.41) is 12.6. The number of aromatic carboxylic acids is 1. The number of carbonyl (C=O) groups is 2. The highest BCUT2D eigenvalue weighted by molar-refractivity contribution is 6.06. The van der Waals surface area contributed by atoms with E-state index < -0.39 is 11.9 Å². The third kappa shape index (κ3) is 5.24. The zero-order valence-electron chi connectivity index (χ0n) is 18.5. The zero-order valence-corrected chi connectivity index (χ0v) is 18.5. The van der Waals surface area contributed by atoms with Crippen LogP contribution in [0.2, 0.25) is 0 Å². The van der Waals surface area contributed by atoms with Crippen molar-refractivity contribution >= 4 is 17.6 Å². The second kappa shape index (κ2) is 10.4. The van der Waals surface area contributed by atoms with Crippen molar-refractivity contribution in [2.45, 2.75) is 6.92 Å². The van der Waals surface area contributed by atoms with E-state index in [2.05, 4.69) is 5.32 Å². The van der Waals surface area contributed by atoms with E-state index in [1.807, 2.05) is 60.7 Å². The first-order chi connectivity index (χ1) is 16.5. The second-order valence-corrected chi connectivity index (χ2v) is 7.40. The van der Waals surface area contributed by atoms with E-state index in [-0.39, 0.29) is 11.3 Å². The fourth-order valence-corrected chi connectivity index (χ4v) is 3.52. The van der Waals surface area contributed by atoms with E-state index in [9.17, 15) is 14.7 Å². The second-order valence-electron chi connectivity index (χ2n) is 7.40. The number of benzene rings is 4. The first kappa shape index (κ1) is 22.6. The molecule has 0 unspecified atom stereocenters. The molecular formula is C28H23NO5. The van der Waals surface area contributed by atoms with E-state index in [0.717, 1.165) is 5.56 Å². The summed E-state index contributed by atoms with van der Waals surface area (Å²) in [4.78, 5) is 25.0. The van der Waals surface area contributed by atoms with Crippen LogP contribution < -0.4 is 14.8 Å². The van der Waals surface area contributed by atoms with Crippen LogP contribution in [0.15, 0.2) is 97.1 Å². The van der Waals surface area contributed by atoms with Gasteiger partial charge in [0.1, 0.15) is 22.8 Å². The molecule has 6 heteroatoms. The van der Waals surface area contributed by atoms with Crippen LogP contribution >= 0.6 is 0 Å². The van der Waals surface area contributed by atoms with Gasteiger partial charge in [0, 0.05) is 16.8 Å². The Hall–Kier alpha value is -4.58. The summed E-state index contributed by atoms with van der Waals surface area (Å²) in [7, 11) is 0. The van der Waals surface area contributed by atoms with Crippen LogP contribution in [0.4, 0.5) is 5.69 Å². The van der Waals surface area contributed by atoms with E-state index in [1.54, 1.807) is 37.3 Å². The Kier molecular flexibility index (Phi) is 6.89. The minimum Gasteiger partial charge on any atom is -0.492 e. The van der Waals surface area contributed by atoms with Gasteiger partial charge in [-0.25, -0.2) is 4.79 Å². The lowest BCUT2D eigenvalue weighted by atomic mass is 10.00. The molecule has 4 aromatic rings. The molecule has 4 aromatic carbocycles. The number of ether oxygens (including phenoxy) is 2. The molecule has 4 rings (SSSR count). The summed E-state index contributed by atoms with van der Waals surface area (Å²) in [5.74, 6) is -0.0996. The van der Waals surface area contributed by atoms with E-state index in [4.69, 9.17) is 9.47 Å². The predicted octanol–water partition coefficient (Wildman–Crippen LogP) is 6.50. The van der Waals surface area contributed by atoms with Crippen LogP contribution in [0, 0.1) is 0 Å². The van der Waals surface area contributed by atoms with E-state index >= 15 is 0 Å². The smallest absolute Gasteiger partial charge is 0.339 e. The molecule has 0 aliphatic carbocycles. The van der Waals surface area contributed by atoms with E-state index in [0.29, 0.717) is 34.9 Å². The standard InChI is InChI=1S/C28H23NO5/c1-2-33-26-24(19-10-5-3-6-11-19)17-21(18-25(26)28(31)32)29-27(30)20-12-9-15-23(16-20)34-22-13-7-4-8-14-22/h3-18H,2H2,1H3,(H,29,30)(H,31,32). The summed E-state index contributed by atoms with van der Waals surface area (Å²) in [6.45, 7) is 2.10. The average Bonchev–Trinajstić information content (AvgIpc) is 2.86. The summed E-state index contributed by atoms with van der Waals surface area (Å²) >= 11 is 0. The summed E-state index contributed by atoms with van der Waals surface area (Å²) < 4.78 is 11.5. The number of carboxylic acid groups (broad SMARTS) is 1. The van der Waals surface area contributed by atoms with Crippen molar-refractivity contribution < 1.29 is 24.2 Å². The van der Waals surface area contributed by atoms with Gasteiger partial charge in [0.25, 0.3) is 5.91 Å². The molecular weight excluding hydrogens is 430 g/mol. The van der Waals surface area contributed by atoms with Crippen LogP contribution in [0.5, 0.6) is 17.2 Å². The van der Waals surface area contributed by atoms with Crippen LogP contribution in [-0.4, -0.2) is 23.6 Å². The van der Waals surface area contributed by atoms with Gasteiger partial charge in [0.15, 0.2) is 0 Å². The molecule has 0 fully saturated rings. The Morgan fingerprint density at radius 1 is 0.824 bits per heavy atom. The van der Waals surface area contributed by atoms with Crippen molar-refractivity contribution in [1.82, 2.24) is 0 Å². The van der Waals surface area contributed by atoms with Gasteiger partial charge in [-0.1, -0.05) is 54.6 Å². The molecule has 0 saturated heterocycles. The number of nitrogens with one attached hydrogen (secondary N) is 1. The number of amides is 1. The van der Waals surface area contributed by atoms with Gasteiger partial charge in [-0.3, -0.25) is 4.79 Å². The lowest BCUT2D eigenvalue weighted by Crippen LogP contribution is -2.13. The number of carboxylic acids is 1. The Morgan fingerprint density at radius 3 is 2.18 bits per heavy atom. The van der Waals surface area contributed by atoms with Gasteiger partial charge in [-0.05, 0) is 55.0 Å². The van der Waals surface area contributed by atoms with Crippen LogP contribution in [0.1, 0.15) is 27.6 Å². The summed E-state index contributed by atoms with van der Waals surface area (Å²) in [6.07, 6.45) is 0. The van der Waals surface area contributed by atoms with Crippen molar-refractivity contribution in [3.05, 3.63) is 108 Å². The predicted molar refractivity (Wildman–Crippen MR) is 131 cm³/mol. The normalized spacial score (nSPS) is 10.4. The molecule has 1 amide bonds. The largest absolute Gasteiger partial charge is 0.492 e. The highest BCUT2D eigenvalue weighted by Gasteiger charge is 2.20. The van der Waals surface area contributed by atoms with Gasteiger partial charge in [0.2, 0.25) is 0 Å².